The van der Waals surface area contributed by atoms with Crippen LogP contribution in [0.1, 0.15) is 0 Å². The maximum Gasteiger partial charge on any atom is 0.0779 e. The van der Waals surface area contributed by atoms with E-state index in [9.17, 15) is 0 Å². The first-order chi connectivity index (χ1) is 3.66. The highest BCUT2D eigenvalue weighted by Gasteiger charge is 1.93. The highest BCUT2D eigenvalue weighted by molar-refractivity contribution is 8.13. The van der Waals surface area contributed by atoms with Crippen molar-refractivity contribution in [2.45, 2.75) is 0 Å². The normalized spacial score (nSPS) is 10.0. The Morgan fingerprint density at radius 2 is 2.12 bits per heavy atom. The number of hydrogen-bond acceptors (Lipinski definition) is 3. The Kier molecular flexibility index (Phi) is 3.91. The van der Waals surface area contributed by atoms with E-state index in [1.165, 1.54) is 11.8 Å². The first kappa shape index (κ1) is 7.98. The molecule has 0 fully saturated rings. The smallest absolute Gasteiger partial charge is 0.0779 e. The van der Waals surface area contributed by atoms with Gasteiger partial charge in [-0.3, -0.25) is 5.41 Å². The van der Waals surface area contributed by atoms with Crippen LogP contribution >= 0.6 is 11.8 Å². The molecule has 0 spiro atoms. The van der Waals surface area contributed by atoms with Crippen molar-refractivity contribution in [3.8, 4) is 0 Å². The lowest BCUT2D eigenvalue weighted by Gasteiger charge is -2.07. The largest absolute Gasteiger partial charge is 0.303 e. The van der Waals surface area contributed by atoms with Gasteiger partial charge in [-0.2, -0.15) is 0 Å². The van der Waals surface area contributed by atoms with E-state index < -0.39 is 0 Å². The molecular formula is C5H12N2S. The fourth-order valence-corrected chi connectivity index (χ4v) is 0.739. The number of nitrogens with one attached hydrogen (secondary N) is 1. The highest BCUT2D eigenvalue weighted by Crippen LogP contribution is 1.94. The molecule has 0 aromatic carbocycles. The molecule has 0 aliphatic rings. The summed E-state index contributed by atoms with van der Waals surface area (Å²) in [6.45, 7) is 0.765. The molecule has 48 valence electrons. The van der Waals surface area contributed by atoms with E-state index in [0.717, 1.165) is 11.6 Å². The number of hydrogen-bond donors (Lipinski definition) is 1. The van der Waals surface area contributed by atoms with Gasteiger partial charge in [-0.25, -0.2) is 0 Å². The molecule has 3 heteroatoms. The molecule has 0 aromatic heterocycles. The van der Waals surface area contributed by atoms with Gasteiger partial charge in [0, 0.05) is 6.54 Å². The molecular weight excluding hydrogens is 120 g/mol. The van der Waals surface area contributed by atoms with Crippen molar-refractivity contribution in [3.63, 3.8) is 0 Å². The van der Waals surface area contributed by atoms with Gasteiger partial charge in [0.25, 0.3) is 0 Å². The predicted octanol–water partition coefficient (Wildman–Crippen LogP) is 0.888. The van der Waals surface area contributed by atoms with E-state index >= 15 is 0 Å². The molecule has 0 unspecified atom stereocenters. The summed E-state index contributed by atoms with van der Waals surface area (Å²) in [4.78, 5) is 1.98. The van der Waals surface area contributed by atoms with Gasteiger partial charge in [-0.15, -0.1) is 11.8 Å². The first-order valence-electron chi connectivity index (χ1n) is 2.43. The van der Waals surface area contributed by atoms with Gasteiger partial charge in [-0.05, 0) is 20.4 Å². The van der Waals surface area contributed by atoms with Crippen LogP contribution in [-0.2, 0) is 0 Å². The third kappa shape index (κ3) is 4.15. The zero-order chi connectivity index (χ0) is 6.57. The summed E-state index contributed by atoms with van der Waals surface area (Å²) in [5.41, 5.74) is 0. The fourth-order valence-electron chi connectivity index (χ4n) is 0.352. The Morgan fingerprint density at radius 1 is 1.62 bits per heavy atom. The second kappa shape index (κ2) is 3.92. The minimum absolute atomic E-state index is 0.718. The molecule has 0 saturated carbocycles. The van der Waals surface area contributed by atoms with E-state index in [0.29, 0.717) is 0 Å². The fraction of sp³-hybridized carbons (Fsp3) is 0.800. The maximum atomic E-state index is 7.19. The quantitative estimate of drug-likeness (QED) is 0.446. The molecule has 0 saturated heterocycles. The maximum absolute atomic E-state index is 7.19. The average Bonchev–Trinajstić information content (AvgIpc) is 1.65. The summed E-state index contributed by atoms with van der Waals surface area (Å²) in [5.74, 6) is 0. The molecule has 0 aliphatic heterocycles. The van der Waals surface area contributed by atoms with Crippen molar-refractivity contribution in [1.82, 2.24) is 4.90 Å². The second-order valence-corrected chi connectivity index (χ2v) is 2.77. The van der Waals surface area contributed by atoms with E-state index in [1.807, 2.05) is 25.3 Å². The van der Waals surface area contributed by atoms with E-state index in [-0.39, 0.29) is 0 Å². The Morgan fingerprint density at radius 3 is 2.25 bits per heavy atom. The van der Waals surface area contributed by atoms with Crippen molar-refractivity contribution >= 4 is 16.8 Å². The van der Waals surface area contributed by atoms with Gasteiger partial charge in [0.2, 0.25) is 0 Å². The van der Waals surface area contributed by atoms with Gasteiger partial charge in [0.1, 0.15) is 0 Å². The summed E-state index contributed by atoms with van der Waals surface area (Å²) in [5, 5.41) is 7.91. The second-order valence-electron chi connectivity index (χ2n) is 1.87. The van der Waals surface area contributed by atoms with Crippen LogP contribution < -0.4 is 0 Å². The van der Waals surface area contributed by atoms with E-state index in [2.05, 4.69) is 0 Å². The summed E-state index contributed by atoms with van der Waals surface area (Å²) in [7, 11) is 3.93. The summed E-state index contributed by atoms with van der Waals surface area (Å²) < 4.78 is 0. The Bertz CT molecular complexity index is 80.5. The SMILES string of the molecule is CSC(=N)CN(C)C. The zero-order valence-electron chi connectivity index (χ0n) is 5.56. The minimum Gasteiger partial charge on any atom is -0.303 e. The van der Waals surface area contributed by atoms with Gasteiger partial charge >= 0.3 is 0 Å². The van der Waals surface area contributed by atoms with Gasteiger partial charge in [-0.1, -0.05) is 0 Å². The van der Waals surface area contributed by atoms with Gasteiger partial charge in [0.15, 0.2) is 0 Å². The molecule has 0 rings (SSSR count). The first-order valence-corrected chi connectivity index (χ1v) is 3.65. The lowest BCUT2D eigenvalue weighted by molar-refractivity contribution is 0.471. The summed E-state index contributed by atoms with van der Waals surface area (Å²) >= 11 is 1.49. The predicted molar refractivity (Wildman–Crippen MR) is 39.8 cm³/mol. The molecule has 0 aliphatic carbocycles. The number of rotatable bonds is 2. The van der Waals surface area contributed by atoms with Gasteiger partial charge in [0.05, 0.1) is 5.04 Å². The lowest BCUT2D eigenvalue weighted by Crippen LogP contribution is -2.18. The monoisotopic (exact) mass is 132 g/mol. The Hall–Kier alpha value is -0.0200. The highest BCUT2D eigenvalue weighted by atomic mass is 32.2. The van der Waals surface area contributed by atoms with Crippen molar-refractivity contribution in [2.24, 2.45) is 0 Å². The molecule has 1 N–H and O–H groups in total. The molecule has 0 atom stereocenters. The van der Waals surface area contributed by atoms with Crippen LogP contribution in [0.5, 0.6) is 0 Å². The minimum atomic E-state index is 0.718. The Balaban J connectivity index is 3.25. The molecule has 2 nitrogen and oxygen atoms in total. The van der Waals surface area contributed by atoms with Crippen LogP contribution in [0.3, 0.4) is 0 Å². The van der Waals surface area contributed by atoms with Crippen LogP contribution in [0.2, 0.25) is 0 Å². The van der Waals surface area contributed by atoms with E-state index in [4.69, 9.17) is 5.41 Å². The molecule has 0 heterocycles. The van der Waals surface area contributed by atoms with Crippen LogP contribution in [-0.4, -0.2) is 36.8 Å². The van der Waals surface area contributed by atoms with Crippen molar-refractivity contribution in [2.75, 3.05) is 26.9 Å². The van der Waals surface area contributed by atoms with Crippen molar-refractivity contribution in [1.29, 1.82) is 5.41 Å². The van der Waals surface area contributed by atoms with Crippen molar-refractivity contribution < 1.29 is 0 Å². The zero-order valence-corrected chi connectivity index (χ0v) is 6.38. The van der Waals surface area contributed by atoms with Crippen LogP contribution in [0, 0.1) is 5.41 Å². The van der Waals surface area contributed by atoms with Crippen LogP contribution in [0.25, 0.3) is 0 Å². The van der Waals surface area contributed by atoms with E-state index in [1.54, 1.807) is 0 Å². The Labute approximate surface area is 54.8 Å². The lowest BCUT2D eigenvalue weighted by atomic mass is 10.6. The molecule has 0 amide bonds. The van der Waals surface area contributed by atoms with Crippen LogP contribution in [0.15, 0.2) is 0 Å². The summed E-state index contributed by atoms with van der Waals surface area (Å²) in [6.07, 6.45) is 1.92. The standard InChI is InChI=1S/C5H12N2S/c1-7(2)4-5(6)8-3/h6H,4H2,1-3H3. The number of thioether (sulfide) groups is 1. The molecule has 0 bridgehead atoms. The number of nitrogens with zero attached hydrogens (tertiary/aromatic N) is 1. The average molecular weight is 132 g/mol. The molecule has 0 aromatic rings. The third-order valence-electron chi connectivity index (χ3n) is 0.706. The van der Waals surface area contributed by atoms with Crippen LogP contribution in [0.4, 0.5) is 0 Å². The third-order valence-corrected chi connectivity index (χ3v) is 1.33. The van der Waals surface area contributed by atoms with Gasteiger partial charge < -0.3 is 4.90 Å². The molecule has 8 heavy (non-hydrogen) atoms. The molecule has 0 radical (unpaired) electrons. The summed E-state index contributed by atoms with van der Waals surface area (Å²) in [6, 6.07) is 0. The van der Waals surface area contributed by atoms with Crippen molar-refractivity contribution in [3.05, 3.63) is 0 Å². The topological polar surface area (TPSA) is 27.1 Å².